The number of hydrogen-bond acceptors (Lipinski definition) is 3. The van der Waals surface area contributed by atoms with E-state index in [1.807, 2.05) is 6.26 Å². The van der Waals surface area contributed by atoms with Gasteiger partial charge in [0.1, 0.15) is 5.82 Å². The number of carbonyl (C=O) groups excluding carboxylic acids is 1. The third-order valence-corrected chi connectivity index (χ3v) is 3.49. The smallest absolute Gasteiger partial charge is 0.319 e. The topological polar surface area (TPSA) is 61.4 Å². The SMILES string of the molecule is CSCC(C)(O)CNC(=O)Nc1ccc(F)cc1Cl. The molecule has 1 aromatic rings. The number of halogens is 2. The summed E-state index contributed by atoms with van der Waals surface area (Å²) in [4.78, 5) is 11.6. The molecule has 4 nitrogen and oxygen atoms in total. The van der Waals surface area contributed by atoms with Crippen LogP contribution < -0.4 is 10.6 Å². The first-order chi connectivity index (χ1) is 8.84. The highest BCUT2D eigenvalue weighted by Crippen LogP contribution is 2.22. The minimum absolute atomic E-state index is 0.110. The van der Waals surface area contributed by atoms with Crippen LogP contribution in [0.25, 0.3) is 0 Å². The highest BCUT2D eigenvalue weighted by molar-refractivity contribution is 7.98. The van der Waals surface area contributed by atoms with Gasteiger partial charge in [-0.3, -0.25) is 0 Å². The van der Waals surface area contributed by atoms with Gasteiger partial charge in [-0.15, -0.1) is 0 Å². The molecule has 0 aromatic heterocycles. The standard InChI is InChI=1S/C12H16ClFN2O2S/c1-12(18,7-19-2)6-15-11(17)16-10-4-3-8(14)5-9(10)13/h3-5,18H,6-7H2,1-2H3,(H2,15,16,17). The molecule has 106 valence electrons. The van der Waals surface area contributed by atoms with Crippen molar-refractivity contribution in [2.75, 3.05) is 23.9 Å². The maximum atomic E-state index is 12.8. The Bertz CT molecular complexity index is 457. The molecule has 0 fully saturated rings. The van der Waals surface area contributed by atoms with E-state index in [0.29, 0.717) is 11.4 Å². The molecule has 1 rings (SSSR count). The van der Waals surface area contributed by atoms with E-state index in [2.05, 4.69) is 10.6 Å². The van der Waals surface area contributed by atoms with E-state index in [4.69, 9.17) is 11.6 Å². The van der Waals surface area contributed by atoms with Gasteiger partial charge in [-0.1, -0.05) is 11.6 Å². The Morgan fingerprint density at radius 2 is 2.26 bits per heavy atom. The summed E-state index contributed by atoms with van der Waals surface area (Å²) in [6.07, 6.45) is 1.87. The molecule has 1 atom stereocenters. The van der Waals surface area contributed by atoms with Crippen LogP contribution in [0.15, 0.2) is 18.2 Å². The van der Waals surface area contributed by atoms with Crippen LogP contribution in [0, 0.1) is 5.82 Å². The van der Waals surface area contributed by atoms with Gasteiger partial charge in [0.15, 0.2) is 0 Å². The Labute approximate surface area is 120 Å². The average molecular weight is 307 g/mol. The maximum Gasteiger partial charge on any atom is 0.319 e. The van der Waals surface area contributed by atoms with Crippen LogP contribution in [-0.4, -0.2) is 35.3 Å². The number of aliphatic hydroxyl groups is 1. The van der Waals surface area contributed by atoms with E-state index < -0.39 is 17.4 Å². The van der Waals surface area contributed by atoms with Crippen LogP contribution >= 0.6 is 23.4 Å². The largest absolute Gasteiger partial charge is 0.387 e. The molecule has 1 unspecified atom stereocenters. The minimum Gasteiger partial charge on any atom is -0.387 e. The van der Waals surface area contributed by atoms with Gasteiger partial charge in [0.2, 0.25) is 0 Å². The number of rotatable bonds is 5. The van der Waals surface area contributed by atoms with Crippen molar-refractivity contribution in [3.05, 3.63) is 29.0 Å². The Balaban J connectivity index is 2.52. The van der Waals surface area contributed by atoms with E-state index >= 15 is 0 Å². The number of thioether (sulfide) groups is 1. The van der Waals surface area contributed by atoms with E-state index in [1.54, 1.807) is 6.92 Å². The number of nitrogens with one attached hydrogen (secondary N) is 2. The number of benzene rings is 1. The van der Waals surface area contributed by atoms with Gasteiger partial charge in [-0.05, 0) is 31.4 Å². The maximum absolute atomic E-state index is 12.8. The molecule has 0 heterocycles. The second-order valence-electron chi connectivity index (χ2n) is 4.36. The molecular formula is C12H16ClFN2O2S. The lowest BCUT2D eigenvalue weighted by Gasteiger charge is -2.22. The number of hydrogen-bond donors (Lipinski definition) is 3. The Kier molecular flexibility index (Phi) is 5.90. The van der Waals surface area contributed by atoms with Crippen molar-refractivity contribution in [3.63, 3.8) is 0 Å². The number of anilines is 1. The van der Waals surface area contributed by atoms with Crippen molar-refractivity contribution in [1.29, 1.82) is 0 Å². The van der Waals surface area contributed by atoms with Crippen molar-refractivity contribution < 1.29 is 14.3 Å². The highest BCUT2D eigenvalue weighted by atomic mass is 35.5. The molecule has 0 bridgehead atoms. The first-order valence-electron chi connectivity index (χ1n) is 5.55. The minimum atomic E-state index is -0.983. The second kappa shape index (κ2) is 6.98. The highest BCUT2D eigenvalue weighted by Gasteiger charge is 2.20. The normalized spacial score (nSPS) is 13.7. The quantitative estimate of drug-likeness (QED) is 0.784. The van der Waals surface area contributed by atoms with Gasteiger partial charge >= 0.3 is 6.03 Å². The number of carbonyl (C=O) groups is 1. The molecule has 0 radical (unpaired) electrons. The van der Waals surface area contributed by atoms with Gasteiger partial charge in [0.25, 0.3) is 0 Å². The molecule has 0 aliphatic heterocycles. The summed E-state index contributed by atoms with van der Waals surface area (Å²) in [6, 6.07) is 3.18. The van der Waals surface area contributed by atoms with E-state index in [-0.39, 0.29) is 11.6 Å². The molecule has 19 heavy (non-hydrogen) atoms. The molecule has 1 aromatic carbocycles. The molecule has 0 spiro atoms. The molecule has 0 aliphatic carbocycles. The Morgan fingerprint density at radius 1 is 1.58 bits per heavy atom. The van der Waals surface area contributed by atoms with Crippen LogP contribution in [0.5, 0.6) is 0 Å². The fourth-order valence-electron chi connectivity index (χ4n) is 1.39. The zero-order valence-corrected chi connectivity index (χ0v) is 12.2. The lowest BCUT2D eigenvalue weighted by molar-refractivity contribution is 0.0876. The predicted molar refractivity (Wildman–Crippen MR) is 77.4 cm³/mol. The van der Waals surface area contributed by atoms with Gasteiger partial charge in [-0.25, -0.2) is 9.18 Å². The average Bonchev–Trinajstić information content (AvgIpc) is 2.30. The fourth-order valence-corrected chi connectivity index (χ4v) is 2.33. The van der Waals surface area contributed by atoms with Crippen LogP contribution in [-0.2, 0) is 0 Å². The van der Waals surface area contributed by atoms with E-state index in [0.717, 1.165) is 6.07 Å². The van der Waals surface area contributed by atoms with E-state index in [9.17, 15) is 14.3 Å². The summed E-state index contributed by atoms with van der Waals surface area (Å²) in [5, 5.41) is 15.0. The lowest BCUT2D eigenvalue weighted by Crippen LogP contribution is -2.43. The van der Waals surface area contributed by atoms with Crippen molar-refractivity contribution in [2.24, 2.45) is 0 Å². The van der Waals surface area contributed by atoms with Gasteiger partial charge < -0.3 is 15.7 Å². The predicted octanol–water partition coefficient (Wildman–Crippen LogP) is 2.71. The second-order valence-corrected chi connectivity index (χ2v) is 5.64. The summed E-state index contributed by atoms with van der Waals surface area (Å²) in [5.74, 6) is 0.0313. The van der Waals surface area contributed by atoms with Crippen LogP contribution in [0.1, 0.15) is 6.92 Å². The lowest BCUT2D eigenvalue weighted by atomic mass is 10.1. The summed E-state index contributed by atoms with van der Waals surface area (Å²) in [6.45, 7) is 1.74. The van der Waals surface area contributed by atoms with Gasteiger partial charge in [0, 0.05) is 12.3 Å². The fraction of sp³-hybridized carbons (Fsp3) is 0.417. The number of urea groups is 1. The van der Waals surface area contributed by atoms with E-state index in [1.165, 1.54) is 23.9 Å². The molecule has 3 N–H and O–H groups in total. The third kappa shape index (κ3) is 5.67. The van der Waals surface area contributed by atoms with Crippen molar-refractivity contribution in [2.45, 2.75) is 12.5 Å². The summed E-state index contributed by atoms with van der Waals surface area (Å²) < 4.78 is 12.8. The zero-order chi connectivity index (χ0) is 14.5. The van der Waals surface area contributed by atoms with Crippen LogP contribution in [0.3, 0.4) is 0 Å². The number of amides is 2. The summed E-state index contributed by atoms with van der Waals surface area (Å²) >= 11 is 7.26. The Hall–Kier alpha value is -0.980. The Morgan fingerprint density at radius 3 is 2.84 bits per heavy atom. The molecule has 7 heteroatoms. The first kappa shape index (κ1) is 16.1. The molecule has 0 saturated heterocycles. The van der Waals surface area contributed by atoms with Gasteiger partial charge in [-0.2, -0.15) is 11.8 Å². The van der Waals surface area contributed by atoms with Crippen LogP contribution in [0.4, 0.5) is 14.9 Å². The molecular weight excluding hydrogens is 291 g/mol. The van der Waals surface area contributed by atoms with Crippen LogP contribution in [0.2, 0.25) is 5.02 Å². The van der Waals surface area contributed by atoms with Crippen molar-refractivity contribution in [3.8, 4) is 0 Å². The zero-order valence-electron chi connectivity index (χ0n) is 10.7. The molecule has 0 aliphatic rings. The third-order valence-electron chi connectivity index (χ3n) is 2.26. The van der Waals surface area contributed by atoms with Crippen molar-refractivity contribution >= 4 is 35.1 Å². The monoisotopic (exact) mass is 306 g/mol. The molecule has 0 saturated carbocycles. The molecule has 2 amide bonds. The van der Waals surface area contributed by atoms with Gasteiger partial charge in [0.05, 0.1) is 16.3 Å². The first-order valence-corrected chi connectivity index (χ1v) is 7.32. The van der Waals surface area contributed by atoms with Crippen molar-refractivity contribution in [1.82, 2.24) is 5.32 Å². The summed E-state index contributed by atoms with van der Waals surface area (Å²) in [7, 11) is 0. The summed E-state index contributed by atoms with van der Waals surface area (Å²) in [5.41, 5.74) is -0.673.